The van der Waals surface area contributed by atoms with Gasteiger partial charge in [0.1, 0.15) is 5.82 Å². The van der Waals surface area contributed by atoms with Crippen molar-refractivity contribution < 1.29 is 12.8 Å². The molecule has 0 saturated carbocycles. The van der Waals surface area contributed by atoms with Gasteiger partial charge in [-0.3, -0.25) is 0 Å². The maximum Gasteiger partial charge on any atom is 0.180 e. The van der Waals surface area contributed by atoms with Crippen LogP contribution in [0.2, 0.25) is 0 Å². The highest BCUT2D eigenvalue weighted by Gasteiger charge is 2.15. The molecule has 0 radical (unpaired) electrons. The summed E-state index contributed by atoms with van der Waals surface area (Å²) in [5.41, 5.74) is 2.31. The highest BCUT2D eigenvalue weighted by atomic mass is 32.2. The molecule has 1 N–H and O–H groups in total. The fourth-order valence-corrected chi connectivity index (χ4v) is 3.13. The van der Waals surface area contributed by atoms with E-state index in [1.54, 1.807) is 37.3 Å². The van der Waals surface area contributed by atoms with Crippen molar-refractivity contribution in [2.75, 3.05) is 11.1 Å². The Morgan fingerprint density at radius 2 is 1.86 bits per heavy atom. The maximum atomic E-state index is 13.3. The zero-order valence-electron chi connectivity index (χ0n) is 12.1. The normalized spacial score (nSPS) is 11.4. The molecule has 0 amide bonds. The largest absolute Gasteiger partial charge is 0.380 e. The van der Waals surface area contributed by atoms with Crippen LogP contribution in [0, 0.1) is 12.7 Å². The summed E-state index contributed by atoms with van der Waals surface area (Å²) in [4.78, 5) is 0.279. The SMILES string of the molecule is CCS(=O)(=O)c1ccccc1NCc1cc(F)ccc1C. The molecule has 0 unspecified atom stereocenters. The predicted octanol–water partition coefficient (Wildman–Crippen LogP) is 3.54. The van der Waals surface area contributed by atoms with Crippen molar-refractivity contribution in [3.63, 3.8) is 0 Å². The van der Waals surface area contributed by atoms with E-state index < -0.39 is 9.84 Å². The smallest absolute Gasteiger partial charge is 0.180 e. The molecule has 0 aliphatic carbocycles. The van der Waals surface area contributed by atoms with Gasteiger partial charge in [-0.05, 0) is 42.3 Å². The van der Waals surface area contributed by atoms with Crippen LogP contribution in [0.1, 0.15) is 18.1 Å². The molecule has 0 aliphatic rings. The third-order valence-corrected chi connectivity index (χ3v) is 5.17. The van der Waals surface area contributed by atoms with E-state index in [0.29, 0.717) is 12.2 Å². The van der Waals surface area contributed by atoms with Gasteiger partial charge < -0.3 is 5.32 Å². The number of aryl methyl sites for hydroxylation is 1. The van der Waals surface area contributed by atoms with Crippen LogP contribution < -0.4 is 5.32 Å². The summed E-state index contributed by atoms with van der Waals surface area (Å²) in [5.74, 6) is -0.253. The first kappa shape index (κ1) is 15.5. The number of rotatable bonds is 5. The minimum atomic E-state index is -3.29. The molecular weight excluding hydrogens is 289 g/mol. The van der Waals surface area contributed by atoms with Gasteiger partial charge >= 0.3 is 0 Å². The molecule has 0 atom stereocenters. The Hall–Kier alpha value is -1.88. The molecular formula is C16H18FNO2S. The van der Waals surface area contributed by atoms with E-state index >= 15 is 0 Å². The summed E-state index contributed by atoms with van der Waals surface area (Å²) in [7, 11) is -3.29. The van der Waals surface area contributed by atoms with Crippen LogP contribution in [0.5, 0.6) is 0 Å². The first-order chi connectivity index (χ1) is 9.94. The summed E-state index contributed by atoms with van der Waals surface area (Å²) in [6.07, 6.45) is 0. The number of para-hydroxylation sites is 1. The monoisotopic (exact) mass is 307 g/mol. The van der Waals surface area contributed by atoms with Crippen LogP contribution in [0.25, 0.3) is 0 Å². The lowest BCUT2D eigenvalue weighted by molar-refractivity contribution is 0.597. The molecule has 0 heterocycles. The van der Waals surface area contributed by atoms with E-state index in [4.69, 9.17) is 0 Å². The van der Waals surface area contributed by atoms with Gasteiger partial charge in [0.25, 0.3) is 0 Å². The number of nitrogens with one attached hydrogen (secondary N) is 1. The molecule has 0 fully saturated rings. The zero-order chi connectivity index (χ0) is 15.5. The molecule has 0 spiro atoms. The molecule has 0 aliphatic heterocycles. The van der Waals surface area contributed by atoms with Crippen LogP contribution in [0.15, 0.2) is 47.4 Å². The Labute approximate surface area is 124 Å². The first-order valence-electron chi connectivity index (χ1n) is 6.74. The number of benzene rings is 2. The van der Waals surface area contributed by atoms with Gasteiger partial charge in [0, 0.05) is 6.54 Å². The molecule has 2 aromatic carbocycles. The van der Waals surface area contributed by atoms with Gasteiger partial charge in [0.05, 0.1) is 16.3 Å². The molecule has 5 heteroatoms. The van der Waals surface area contributed by atoms with E-state index in [1.165, 1.54) is 12.1 Å². The second-order valence-corrected chi connectivity index (χ2v) is 7.07. The van der Waals surface area contributed by atoms with Gasteiger partial charge in [-0.25, -0.2) is 12.8 Å². The second kappa shape index (κ2) is 6.26. The highest BCUT2D eigenvalue weighted by molar-refractivity contribution is 7.91. The maximum absolute atomic E-state index is 13.3. The lowest BCUT2D eigenvalue weighted by Crippen LogP contribution is -2.09. The minimum absolute atomic E-state index is 0.0463. The Balaban J connectivity index is 2.27. The van der Waals surface area contributed by atoms with Crippen molar-refractivity contribution in [3.05, 3.63) is 59.4 Å². The van der Waals surface area contributed by atoms with Crippen LogP contribution in [-0.4, -0.2) is 14.2 Å². The lowest BCUT2D eigenvalue weighted by Gasteiger charge is -2.13. The Morgan fingerprint density at radius 1 is 1.14 bits per heavy atom. The first-order valence-corrected chi connectivity index (χ1v) is 8.40. The van der Waals surface area contributed by atoms with E-state index in [-0.39, 0.29) is 16.5 Å². The minimum Gasteiger partial charge on any atom is -0.380 e. The van der Waals surface area contributed by atoms with Crippen LogP contribution in [0.4, 0.5) is 10.1 Å². The highest BCUT2D eigenvalue weighted by Crippen LogP contribution is 2.23. The van der Waals surface area contributed by atoms with E-state index in [2.05, 4.69) is 5.32 Å². The number of hydrogen-bond acceptors (Lipinski definition) is 3. The Bertz CT molecular complexity index is 742. The zero-order valence-corrected chi connectivity index (χ0v) is 12.9. The van der Waals surface area contributed by atoms with Crippen LogP contribution in [0.3, 0.4) is 0 Å². The fourth-order valence-electron chi connectivity index (χ4n) is 2.06. The number of halogens is 1. The van der Waals surface area contributed by atoms with Gasteiger partial charge in [-0.1, -0.05) is 25.1 Å². The quantitative estimate of drug-likeness (QED) is 0.919. The summed E-state index contributed by atoms with van der Waals surface area (Å²) in [5, 5.41) is 3.09. The van der Waals surface area contributed by atoms with Crippen molar-refractivity contribution in [2.24, 2.45) is 0 Å². The van der Waals surface area contributed by atoms with Crippen LogP contribution >= 0.6 is 0 Å². The van der Waals surface area contributed by atoms with Crippen molar-refractivity contribution in [3.8, 4) is 0 Å². The van der Waals surface area contributed by atoms with Crippen molar-refractivity contribution in [1.82, 2.24) is 0 Å². The van der Waals surface area contributed by atoms with Gasteiger partial charge in [-0.2, -0.15) is 0 Å². The summed E-state index contributed by atoms with van der Waals surface area (Å²) in [6.45, 7) is 3.88. The number of sulfone groups is 1. The third-order valence-electron chi connectivity index (χ3n) is 3.38. The summed E-state index contributed by atoms with van der Waals surface area (Å²) >= 11 is 0. The molecule has 0 aromatic heterocycles. The van der Waals surface area contributed by atoms with E-state index in [9.17, 15) is 12.8 Å². The third kappa shape index (κ3) is 3.61. The van der Waals surface area contributed by atoms with E-state index in [0.717, 1.165) is 11.1 Å². The topological polar surface area (TPSA) is 46.2 Å². The number of anilines is 1. The molecule has 0 saturated heterocycles. The average molecular weight is 307 g/mol. The molecule has 21 heavy (non-hydrogen) atoms. The van der Waals surface area contributed by atoms with E-state index in [1.807, 2.05) is 6.92 Å². The van der Waals surface area contributed by atoms with Crippen molar-refractivity contribution >= 4 is 15.5 Å². The summed E-state index contributed by atoms with van der Waals surface area (Å²) < 4.78 is 37.4. The Kier molecular flexibility index (Phi) is 4.63. The van der Waals surface area contributed by atoms with Gasteiger partial charge in [0.15, 0.2) is 9.84 Å². The summed E-state index contributed by atoms with van der Waals surface area (Å²) in [6, 6.07) is 11.3. The van der Waals surface area contributed by atoms with Gasteiger partial charge in [-0.15, -0.1) is 0 Å². The standard InChI is InChI=1S/C16H18FNO2S/c1-3-21(19,20)16-7-5-4-6-15(16)18-11-13-10-14(17)9-8-12(13)2/h4-10,18H,3,11H2,1-2H3. The molecule has 2 aromatic rings. The van der Waals surface area contributed by atoms with Crippen molar-refractivity contribution in [1.29, 1.82) is 0 Å². The molecule has 3 nitrogen and oxygen atoms in total. The molecule has 112 valence electrons. The lowest BCUT2D eigenvalue weighted by atomic mass is 10.1. The fraction of sp³-hybridized carbons (Fsp3) is 0.250. The Morgan fingerprint density at radius 3 is 2.57 bits per heavy atom. The predicted molar refractivity (Wildman–Crippen MR) is 82.6 cm³/mol. The second-order valence-electron chi connectivity index (χ2n) is 4.82. The van der Waals surface area contributed by atoms with Gasteiger partial charge in [0.2, 0.25) is 0 Å². The van der Waals surface area contributed by atoms with Crippen LogP contribution in [-0.2, 0) is 16.4 Å². The molecule has 0 bridgehead atoms. The average Bonchev–Trinajstić information content (AvgIpc) is 2.48. The molecule has 2 rings (SSSR count). The van der Waals surface area contributed by atoms with Crippen molar-refractivity contribution in [2.45, 2.75) is 25.3 Å². The number of hydrogen-bond donors (Lipinski definition) is 1.